The predicted octanol–water partition coefficient (Wildman–Crippen LogP) is 1.30. The highest BCUT2D eigenvalue weighted by Gasteiger charge is 2.20. The topological polar surface area (TPSA) is 145 Å². The van der Waals surface area contributed by atoms with Gasteiger partial charge in [0.25, 0.3) is 11.8 Å². The van der Waals surface area contributed by atoms with Gasteiger partial charge in [-0.05, 0) is 30.3 Å². The van der Waals surface area contributed by atoms with Crippen LogP contribution in [0.25, 0.3) is 0 Å². The number of ether oxygens (including phenoxy) is 4. The largest absolute Gasteiger partial charge is 0.493 e. The van der Waals surface area contributed by atoms with Crippen molar-refractivity contribution in [2.45, 2.75) is 0 Å². The molecule has 3 N–H and O–H groups in total. The minimum absolute atomic E-state index is 0.0254. The Labute approximate surface area is 183 Å². The van der Waals surface area contributed by atoms with Crippen molar-refractivity contribution in [2.24, 2.45) is 5.10 Å². The Hall–Kier alpha value is -4.28. The Morgan fingerprint density at radius 2 is 1.59 bits per heavy atom. The molecule has 0 atom stereocenters. The lowest BCUT2D eigenvalue weighted by molar-refractivity contribution is -0.120. The van der Waals surface area contributed by atoms with Gasteiger partial charge in [-0.2, -0.15) is 5.10 Å². The van der Waals surface area contributed by atoms with Gasteiger partial charge in [-0.3, -0.25) is 9.59 Å². The van der Waals surface area contributed by atoms with Crippen LogP contribution in [0.3, 0.4) is 0 Å². The summed E-state index contributed by atoms with van der Waals surface area (Å²) in [7, 11) is 5.62. The first-order valence-electron chi connectivity index (χ1n) is 9.16. The molecule has 2 aromatic carbocycles. The van der Waals surface area contributed by atoms with E-state index in [0.717, 1.165) is 6.21 Å². The van der Waals surface area contributed by atoms with Crippen molar-refractivity contribution >= 4 is 24.0 Å². The molecule has 0 saturated heterocycles. The molecule has 2 amide bonds. The molecule has 0 bridgehead atoms. The van der Waals surface area contributed by atoms with Crippen LogP contribution in [0.2, 0.25) is 0 Å². The van der Waals surface area contributed by atoms with E-state index in [1.165, 1.54) is 52.7 Å². The molecule has 0 fully saturated rings. The summed E-state index contributed by atoms with van der Waals surface area (Å²) < 4.78 is 20.5. The Kier molecular flexibility index (Phi) is 8.40. The van der Waals surface area contributed by atoms with E-state index in [1.807, 2.05) is 0 Å². The zero-order valence-corrected chi connectivity index (χ0v) is 17.9. The van der Waals surface area contributed by atoms with Crippen LogP contribution in [-0.2, 0) is 4.79 Å². The van der Waals surface area contributed by atoms with E-state index in [2.05, 4.69) is 15.8 Å². The lowest BCUT2D eigenvalue weighted by Crippen LogP contribution is -2.34. The van der Waals surface area contributed by atoms with E-state index in [4.69, 9.17) is 18.9 Å². The van der Waals surface area contributed by atoms with Gasteiger partial charge < -0.3 is 29.4 Å². The molecule has 2 aromatic rings. The standard InChI is InChI=1S/C21H23N3O8/c1-29-14-7-5-12(9-16(14)31-3)20(26)22-11-17(25)24-23-10-13-6-8-15(30-2)19(32-4)18(13)21(27)28/h5-10H,11H2,1-4H3,(H,22,26)(H,24,25)(H,27,28)/b23-10+. The summed E-state index contributed by atoms with van der Waals surface area (Å²) in [5.74, 6) is -1.27. The molecule has 0 radical (unpaired) electrons. The molecule has 0 aromatic heterocycles. The van der Waals surface area contributed by atoms with E-state index in [9.17, 15) is 19.5 Å². The smallest absolute Gasteiger partial charge is 0.340 e. The molecule has 11 nitrogen and oxygen atoms in total. The van der Waals surface area contributed by atoms with Crippen molar-refractivity contribution < 1.29 is 38.4 Å². The van der Waals surface area contributed by atoms with Crippen molar-refractivity contribution in [3.8, 4) is 23.0 Å². The van der Waals surface area contributed by atoms with Crippen LogP contribution in [0.5, 0.6) is 23.0 Å². The molecule has 11 heteroatoms. The number of rotatable bonds is 10. The maximum absolute atomic E-state index is 12.2. The third-order valence-corrected chi connectivity index (χ3v) is 4.24. The van der Waals surface area contributed by atoms with Crippen LogP contribution < -0.4 is 29.7 Å². The molecule has 2 rings (SSSR count). The van der Waals surface area contributed by atoms with Crippen molar-refractivity contribution in [3.05, 3.63) is 47.0 Å². The molecule has 0 spiro atoms. The lowest BCUT2D eigenvalue weighted by atomic mass is 10.1. The van der Waals surface area contributed by atoms with E-state index in [-0.39, 0.29) is 34.7 Å². The molecule has 32 heavy (non-hydrogen) atoms. The normalized spacial score (nSPS) is 10.4. The van der Waals surface area contributed by atoms with E-state index in [0.29, 0.717) is 11.5 Å². The highest BCUT2D eigenvalue weighted by atomic mass is 16.5. The molecule has 0 aliphatic rings. The molecule has 0 saturated carbocycles. The van der Waals surface area contributed by atoms with Gasteiger partial charge in [-0.1, -0.05) is 0 Å². The number of amides is 2. The predicted molar refractivity (Wildman–Crippen MR) is 114 cm³/mol. The number of hydrazone groups is 1. The van der Waals surface area contributed by atoms with Crippen LogP contribution in [0, 0.1) is 0 Å². The second kappa shape index (κ2) is 11.2. The highest BCUT2D eigenvalue weighted by molar-refractivity contribution is 6.02. The summed E-state index contributed by atoms with van der Waals surface area (Å²) in [6, 6.07) is 7.55. The summed E-state index contributed by atoms with van der Waals surface area (Å²) in [5, 5.41) is 15.7. The minimum Gasteiger partial charge on any atom is -0.493 e. The number of carboxylic acids is 1. The number of nitrogens with zero attached hydrogens (tertiary/aromatic N) is 1. The van der Waals surface area contributed by atoms with Gasteiger partial charge in [0.2, 0.25) is 0 Å². The van der Waals surface area contributed by atoms with E-state index >= 15 is 0 Å². The fourth-order valence-corrected chi connectivity index (χ4v) is 2.72. The third-order valence-electron chi connectivity index (χ3n) is 4.24. The average Bonchev–Trinajstić information content (AvgIpc) is 2.81. The zero-order valence-electron chi connectivity index (χ0n) is 17.9. The van der Waals surface area contributed by atoms with E-state index < -0.39 is 17.8 Å². The molecular weight excluding hydrogens is 422 g/mol. The number of carbonyl (C=O) groups excluding carboxylic acids is 2. The fourth-order valence-electron chi connectivity index (χ4n) is 2.72. The monoisotopic (exact) mass is 445 g/mol. The van der Waals surface area contributed by atoms with Crippen molar-refractivity contribution in [1.29, 1.82) is 0 Å². The number of carboxylic acid groups (broad SMARTS) is 1. The van der Waals surface area contributed by atoms with Crippen LogP contribution in [-0.4, -0.2) is 64.1 Å². The SMILES string of the molecule is COc1ccc(C(=O)NCC(=O)N/N=C/c2ccc(OC)c(OC)c2C(=O)O)cc1OC. The van der Waals surface area contributed by atoms with Gasteiger partial charge in [0.05, 0.1) is 41.2 Å². The van der Waals surface area contributed by atoms with Crippen LogP contribution in [0.15, 0.2) is 35.4 Å². The molecule has 0 heterocycles. The van der Waals surface area contributed by atoms with Gasteiger partial charge in [-0.15, -0.1) is 0 Å². The van der Waals surface area contributed by atoms with Crippen molar-refractivity contribution in [3.63, 3.8) is 0 Å². The van der Waals surface area contributed by atoms with Gasteiger partial charge in [-0.25, -0.2) is 10.2 Å². The first-order valence-corrected chi connectivity index (χ1v) is 9.16. The molecule has 0 aliphatic carbocycles. The average molecular weight is 445 g/mol. The Bertz CT molecular complexity index is 1040. The van der Waals surface area contributed by atoms with Gasteiger partial charge >= 0.3 is 5.97 Å². The van der Waals surface area contributed by atoms with Crippen LogP contribution in [0.4, 0.5) is 0 Å². The fraction of sp³-hybridized carbons (Fsp3) is 0.238. The van der Waals surface area contributed by atoms with Crippen molar-refractivity contribution in [2.75, 3.05) is 35.0 Å². The van der Waals surface area contributed by atoms with E-state index in [1.54, 1.807) is 6.07 Å². The number of benzene rings is 2. The quantitative estimate of drug-likeness (QED) is 0.367. The summed E-state index contributed by atoms with van der Waals surface area (Å²) >= 11 is 0. The van der Waals surface area contributed by atoms with Gasteiger partial charge in [0.15, 0.2) is 23.0 Å². The highest BCUT2D eigenvalue weighted by Crippen LogP contribution is 2.33. The van der Waals surface area contributed by atoms with Gasteiger partial charge in [0, 0.05) is 11.1 Å². The number of hydrogen-bond donors (Lipinski definition) is 3. The Balaban J connectivity index is 2.02. The van der Waals surface area contributed by atoms with Crippen molar-refractivity contribution in [1.82, 2.24) is 10.7 Å². The summed E-state index contributed by atoms with van der Waals surface area (Å²) in [6.07, 6.45) is 1.15. The second-order valence-electron chi connectivity index (χ2n) is 6.12. The number of nitrogens with one attached hydrogen (secondary N) is 2. The third kappa shape index (κ3) is 5.65. The zero-order chi connectivity index (χ0) is 23.7. The molecule has 0 aliphatic heterocycles. The number of hydrogen-bond acceptors (Lipinski definition) is 8. The summed E-state index contributed by atoms with van der Waals surface area (Å²) in [5.41, 5.74) is 2.50. The van der Waals surface area contributed by atoms with Gasteiger partial charge in [0.1, 0.15) is 5.56 Å². The number of aromatic carboxylic acids is 1. The first kappa shape index (κ1) is 24.0. The maximum Gasteiger partial charge on any atom is 0.340 e. The first-order chi connectivity index (χ1) is 15.4. The molecular formula is C21H23N3O8. The Morgan fingerprint density at radius 1 is 0.938 bits per heavy atom. The Morgan fingerprint density at radius 3 is 2.19 bits per heavy atom. The molecule has 0 unspecified atom stereocenters. The second-order valence-corrected chi connectivity index (χ2v) is 6.12. The maximum atomic E-state index is 12.2. The minimum atomic E-state index is -1.25. The summed E-state index contributed by atoms with van der Waals surface area (Å²) in [6.45, 7) is -0.359. The summed E-state index contributed by atoms with van der Waals surface area (Å²) in [4.78, 5) is 35.9. The number of carbonyl (C=O) groups is 3. The molecule has 170 valence electrons. The number of methoxy groups -OCH3 is 4. The van der Waals surface area contributed by atoms with Crippen LogP contribution in [0.1, 0.15) is 26.3 Å². The lowest BCUT2D eigenvalue weighted by Gasteiger charge is -2.12. The van der Waals surface area contributed by atoms with Crippen LogP contribution >= 0.6 is 0 Å².